The molecule has 0 radical (unpaired) electrons. The van der Waals surface area contributed by atoms with E-state index >= 15 is 4.39 Å². The molecule has 0 spiro atoms. The Labute approximate surface area is 210 Å². The number of hydrogen-bond acceptors (Lipinski definition) is 1. The Balaban J connectivity index is 1.61. The third-order valence-corrected chi connectivity index (χ3v) is 7.23. The van der Waals surface area contributed by atoms with Gasteiger partial charge in [0.05, 0.1) is 11.1 Å². The van der Waals surface area contributed by atoms with Crippen LogP contribution in [-0.4, -0.2) is 0 Å². The average molecular weight is 473 g/mol. The van der Waals surface area contributed by atoms with Crippen LogP contribution in [-0.2, 0) is 7.05 Å². The molecule has 0 aliphatic carbocycles. The predicted octanol–water partition coefficient (Wildman–Crippen LogP) is 8.48. The maximum absolute atomic E-state index is 15.5. The molecule has 0 unspecified atom stereocenters. The zero-order valence-electron chi connectivity index (χ0n) is 20.9. The van der Waals surface area contributed by atoms with E-state index in [1.54, 1.807) is 6.07 Å². The van der Waals surface area contributed by atoms with Crippen LogP contribution in [0.1, 0.15) is 16.7 Å². The van der Waals surface area contributed by atoms with Crippen LogP contribution in [0.25, 0.3) is 55.4 Å². The number of hydrogen-bond donors (Lipinski definition) is 0. The van der Waals surface area contributed by atoms with E-state index in [9.17, 15) is 0 Å². The first-order chi connectivity index (χ1) is 17.4. The zero-order valence-corrected chi connectivity index (χ0v) is 20.9. The summed E-state index contributed by atoms with van der Waals surface area (Å²) in [4.78, 5) is 0. The van der Waals surface area contributed by atoms with Gasteiger partial charge in [0.25, 0.3) is 0 Å². The van der Waals surface area contributed by atoms with Gasteiger partial charge in [0, 0.05) is 22.9 Å². The number of aromatic nitrogens is 1. The molecular weight excluding hydrogens is 445 g/mol. The molecule has 6 aromatic rings. The van der Waals surface area contributed by atoms with Crippen LogP contribution < -0.4 is 4.57 Å². The van der Waals surface area contributed by atoms with Gasteiger partial charge in [0.2, 0.25) is 5.69 Å². The predicted molar refractivity (Wildman–Crippen MR) is 145 cm³/mol. The fraction of sp³-hybridized carbons (Fsp3) is 0.121. The largest absolute Gasteiger partial charge is 0.454 e. The zero-order chi connectivity index (χ0) is 25.0. The van der Waals surface area contributed by atoms with Gasteiger partial charge in [-0.05, 0) is 72.4 Å². The first-order valence-corrected chi connectivity index (χ1v) is 12.2. The molecule has 0 atom stereocenters. The van der Waals surface area contributed by atoms with Crippen molar-refractivity contribution in [1.29, 1.82) is 0 Å². The highest BCUT2D eigenvalue weighted by molar-refractivity contribution is 6.13. The van der Waals surface area contributed by atoms with Crippen molar-refractivity contribution in [2.45, 2.75) is 20.8 Å². The lowest BCUT2D eigenvalue weighted by atomic mass is 9.93. The van der Waals surface area contributed by atoms with Gasteiger partial charge in [-0.2, -0.15) is 0 Å². The Morgan fingerprint density at radius 2 is 1.36 bits per heavy atom. The van der Waals surface area contributed by atoms with E-state index in [4.69, 9.17) is 4.42 Å². The number of nitrogens with zero attached hydrogens (tertiary/aromatic N) is 1. The second-order valence-corrected chi connectivity index (χ2v) is 9.58. The SMILES string of the molecule is Cc1ccccc1-c1ccc(-c2c(F)ccc3c2oc2c(-c4cccc[n+]4C)c(C)ccc23)c(C)c1. The number of furan rings is 1. The molecule has 6 rings (SSSR count). The molecular formula is C33H27FNO+. The number of aryl methyl sites for hydroxylation is 4. The summed E-state index contributed by atoms with van der Waals surface area (Å²) in [6.07, 6.45) is 2.03. The van der Waals surface area contributed by atoms with Gasteiger partial charge in [-0.3, -0.25) is 0 Å². The Morgan fingerprint density at radius 3 is 2.11 bits per heavy atom. The summed E-state index contributed by atoms with van der Waals surface area (Å²) in [5.74, 6) is -0.281. The van der Waals surface area contributed by atoms with Gasteiger partial charge in [0.1, 0.15) is 24.0 Å². The van der Waals surface area contributed by atoms with Crippen molar-refractivity contribution in [3.8, 4) is 33.5 Å². The summed E-state index contributed by atoms with van der Waals surface area (Å²) in [7, 11) is 2.03. The molecule has 0 aliphatic rings. The molecule has 176 valence electrons. The van der Waals surface area contributed by atoms with E-state index in [0.29, 0.717) is 11.1 Å². The number of pyridine rings is 1. The van der Waals surface area contributed by atoms with Crippen molar-refractivity contribution in [3.63, 3.8) is 0 Å². The van der Waals surface area contributed by atoms with Crippen molar-refractivity contribution in [2.75, 3.05) is 0 Å². The number of benzene rings is 4. The van der Waals surface area contributed by atoms with Gasteiger partial charge in [-0.25, -0.2) is 8.96 Å². The quantitative estimate of drug-likeness (QED) is 0.236. The molecule has 2 nitrogen and oxygen atoms in total. The highest BCUT2D eigenvalue weighted by atomic mass is 19.1. The van der Waals surface area contributed by atoms with Crippen molar-refractivity contribution in [1.82, 2.24) is 0 Å². The molecule has 4 aromatic carbocycles. The van der Waals surface area contributed by atoms with Crippen molar-refractivity contribution in [3.05, 3.63) is 114 Å². The van der Waals surface area contributed by atoms with Crippen LogP contribution in [0.15, 0.2) is 95.5 Å². The van der Waals surface area contributed by atoms with Gasteiger partial charge in [-0.15, -0.1) is 0 Å². The number of halogens is 1. The minimum Gasteiger partial charge on any atom is -0.454 e. The average Bonchev–Trinajstić information content (AvgIpc) is 3.24. The smallest absolute Gasteiger partial charge is 0.216 e. The summed E-state index contributed by atoms with van der Waals surface area (Å²) < 4.78 is 24.2. The van der Waals surface area contributed by atoms with Crippen molar-refractivity contribution in [2.24, 2.45) is 7.05 Å². The summed E-state index contributed by atoms with van der Waals surface area (Å²) in [6.45, 7) is 6.24. The first kappa shape index (κ1) is 22.2. The van der Waals surface area contributed by atoms with Gasteiger partial charge in [0.15, 0.2) is 6.20 Å². The normalized spacial score (nSPS) is 11.5. The molecule has 0 saturated heterocycles. The molecule has 0 bridgehead atoms. The fourth-order valence-corrected chi connectivity index (χ4v) is 5.34. The fourth-order valence-electron chi connectivity index (χ4n) is 5.34. The molecule has 2 heterocycles. The van der Waals surface area contributed by atoms with E-state index < -0.39 is 0 Å². The van der Waals surface area contributed by atoms with Gasteiger partial charge < -0.3 is 4.42 Å². The maximum Gasteiger partial charge on any atom is 0.216 e. The van der Waals surface area contributed by atoms with E-state index in [0.717, 1.165) is 49.9 Å². The Kier molecular flexibility index (Phi) is 5.22. The molecule has 36 heavy (non-hydrogen) atoms. The van der Waals surface area contributed by atoms with Crippen molar-refractivity contribution >= 4 is 21.9 Å². The molecule has 0 aliphatic heterocycles. The second kappa shape index (κ2) is 8.46. The third kappa shape index (κ3) is 3.43. The molecule has 2 aromatic heterocycles. The van der Waals surface area contributed by atoms with E-state index in [1.165, 1.54) is 11.1 Å². The van der Waals surface area contributed by atoms with Crippen LogP contribution in [0.2, 0.25) is 0 Å². The summed E-state index contributed by atoms with van der Waals surface area (Å²) in [5, 5.41) is 1.91. The van der Waals surface area contributed by atoms with Gasteiger partial charge in [-0.1, -0.05) is 54.6 Å². The third-order valence-electron chi connectivity index (χ3n) is 7.23. The van der Waals surface area contributed by atoms with Crippen LogP contribution in [0, 0.1) is 26.6 Å². The molecule has 3 heteroatoms. The summed E-state index contributed by atoms with van der Waals surface area (Å²) >= 11 is 0. The van der Waals surface area contributed by atoms with Crippen LogP contribution in [0.4, 0.5) is 4.39 Å². The van der Waals surface area contributed by atoms with Gasteiger partial charge >= 0.3 is 0 Å². The Hall–Kier alpha value is -4.24. The minimum absolute atomic E-state index is 0.281. The molecule has 0 N–H and O–H groups in total. The summed E-state index contributed by atoms with van der Waals surface area (Å²) in [5.41, 5.74) is 10.5. The Morgan fingerprint density at radius 1 is 0.639 bits per heavy atom. The van der Waals surface area contributed by atoms with Crippen LogP contribution >= 0.6 is 0 Å². The lowest BCUT2D eigenvalue weighted by molar-refractivity contribution is -0.660. The Bertz CT molecular complexity index is 1790. The maximum atomic E-state index is 15.5. The number of fused-ring (bicyclic) bond motifs is 3. The lowest BCUT2D eigenvalue weighted by Gasteiger charge is -2.12. The topological polar surface area (TPSA) is 17.0 Å². The van der Waals surface area contributed by atoms with E-state index in [2.05, 4.69) is 60.9 Å². The first-order valence-electron chi connectivity index (χ1n) is 12.2. The van der Waals surface area contributed by atoms with E-state index in [1.807, 2.05) is 56.6 Å². The van der Waals surface area contributed by atoms with Crippen LogP contribution in [0.5, 0.6) is 0 Å². The van der Waals surface area contributed by atoms with Crippen LogP contribution in [0.3, 0.4) is 0 Å². The highest BCUT2D eigenvalue weighted by Crippen LogP contribution is 2.42. The molecule has 0 fully saturated rings. The number of rotatable bonds is 3. The monoisotopic (exact) mass is 472 g/mol. The lowest BCUT2D eigenvalue weighted by Crippen LogP contribution is -2.30. The second-order valence-electron chi connectivity index (χ2n) is 9.58. The summed E-state index contributed by atoms with van der Waals surface area (Å²) in [6, 6.07) is 28.3. The molecule has 0 saturated carbocycles. The molecule has 0 amide bonds. The van der Waals surface area contributed by atoms with Crippen molar-refractivity contribution < 1.29 is 13.4 Å². The standard InChI is InChI=1S/C33H27FNO/c1-20-9-5-6-10-24(20)23-13-15-25(22(3)19-23)31-28(34)17-16-27-26-14-12-21(2)30(32(26)36-33(27)31)29-11-7-8-18-35(29)4/h5-19H,1-4H3/q+1. The van der Waals surface area contributed by atoms with E-state index in [-0.39, 0.29) is 5.82 Å². The highest BCUT2D eigenvalue weighted by Gasteiger charge is 2.23. The minimum atomic E-state index is -0.281.